The average Bonchev–Trinajstić information content (AvgIpc) is 2.43. The lowest BCUT2D eigenvalue weighted by atomic mass is 9.95. The van der Waals surface area contributed by atoms with Crippen molar-refractivity contribution in [1.82, 2.24) is 4.90 Å². The summed E-state index contributed by atoms with van der Waals surface area (Å²) in [6.45, 7) is 4.80. The topological polar surface area (TPSA) is 38.8 Å². The van der Waals surface area contributed by atoms with Gasteiger partial charge in [0.05, 0.1) is 11.4 Å². The molecule has 2 rings (SSSR count). The van der Waals surface area contributed by atoms with Crippen LogP contribution in [-0.4, -0.2) is 43.3 Å². The van der Waals surface area contributed by atoms with Crippen LogP contribution in [0.4, 0.5) is 13.2 Å². The number of nitrogens with zero attached hydrogens (tertiary/aromatic N) is 1. The minimum Gasteiger partial charge on any atom is -0.486 e. The zero-order chi connectivity index (χ0) is 18.8. The van der Waals surface area contributed by atoms with E-state index in [0.717, 1.165) is 4.90 Å². The zero-order valence-electron chi connectivity index (χ0n) is 14.4. The van der Waals surface area contributed by atoms with Crippen molar-refractivity contribution in [1.29, 1.82) is 0 Å². The fourth-order valence-corrected chi connectivity index (χ4v) is 2.86. The maximum atomic E-state index is 12.8. The highest BCUT2D eigenvalue weighted by molar-refractivity contribution is 6.32. The number of benzene rings is 1. The number of alkyl halides is 3. The Kier molecular flexibility index (Phi) is 5.76. The van der Waals surface area contributed by atoms with Gasteiger partial charge < -0.3 is 14.4 Å². The Hall–Kier alpha value is -1.63. The lowest BCUT2D eigenvalue weighted by Crippen LogP contribution is -2.44. The van der Waals surface area contributed by atoms with Crippen molar-refractivity contribution in [3.63, 3.8) is 0 Å². The number of fused-ring (bicyclic) bond motifs is 1. The van der Waals surface area contributed by atoms with Crippen LogP contribution in [0, 0.1) is 5.41 Å². The van der Waals surface area contributed by atoms with Gasteiger partial charge in [-0.2, -0.15) is 13.2 Å². The van der Waals surface area contributed by atoms with Gasteiger partial charge in [0.2, 0.25) is 5.91 Å². The monoisotopic (exact) mass is 379 g/mol. The van der Waals surface area contributed by atoms with E-state index in [-0.39, 0.29) is 18.0 Å². The zero-order valence-corrected chi connectivity index (χ0v) is 15.1. The maximum absolute atomic E-state index is 12.8. The molecule has 0 saturated heterocycles. The van der Waals surface area contributed by atoms with Gasteiger partial charge in [0.25, 0.3) is 0 Å². The summed E-state index contributed by atoms with van der Waals surface area (Å²) in [5.41, 5.74) is 0.0334. The summed E-state index contributed by atoms with van der Waals surface area (Å²) in [6, 6.07) is 3.11. The fraction of sp³-hybridized carbons (Fsp3) is 0.588. The third kappa shape index (κ3) is 5.99. The molecular weight excluding hydrogens is 359 g/mol. The number of amides is 1. The number of hydrogen-bond donors (Lipinski definition) is 0. The number of carbonyl (C=O) groups excluding carboxylic acids is 1. The number of ether oxygens (including phenoxy) is 2. The van der Waals surface area contributed by atoms with E-state index in [1.54, 1.807) is 26.8 Å². The second kappa shape index (κ2) is 7.32. The van der Waals surface area contributed by atoms with Gasteiger partial charge in [-0.1, -0.05) is 32.4 Å². The molecule has 8 heteroatoms. The molecule has 25 heavy (non-hydrogen) atoms. The summed E-state index contributed by atoms with van der Waals surface area (Å²) >= 11 is 6.11. The van der Waals surface area contributed by atoms with Crippen molar-refractivity contribution in [2.75, 3.05) is 26.3 Å². The molecule has 1 amide bonds. The third-order valence-electron chi connectivity index (χ3n) is 3.40. The molecule has 1 aromatic rings. The number of hydrogen-bond acceptors (Lipinski definition) is 3. The second-order valence-corrected chi connectivity index (χ2v) is 7.61. The van der Waals surface area contributed by atoms with Crippen molar-refractivity contribution >= 4 is 17.5 Å². The molecule has 4 nitrogen and oxygen atoms in total. The van der Waals surface area contributed by atoms with Gasteiger partial charge in [-0.05, 0) is 23.1 Å². The summed E-state index contributed by atoms with van der Waals surface area (Å²) in [4.78, 5) is 13.3. The molecule has 0 spiro atoms. The van der Waals surface area contributed by atoms with Crippen LogP contribution in [0.3, 0.4) is 0 Å². The Morgan fingerprint density at radius 1 is 1.16 bits per heavy atom. The van der Waals surface area contributed by atoms with E-state index < -0.39 is 24.0 Å². The summed E-state index contributed by atoms with van der Waals surface area (Å²) in [5, 5.41) is 0.276. The number of carbonyl (C=O) groups is 1. The predicted octanol–water partition coefficient (Wildman–Crippen LogP) is 4.09. The molecule has 1 aliphatic heterocycles. The van der Waals surface area contributed by atoms with Gasteiger partial charge in [-0.15, -0.1) is 0 Å². The van der Waals surface area contributed by atoms with Gasteiger partial charge in [-0.3, -0.25) is 4.79 Å². The van der Waals surface area contributed by atoms with Gasteiger partial charge in [0.1, 0.15) is 19.8 Å². The van der Waals surface area contributed by atoms with Crippen molar-refractivity contribution in [3.05, 3.63) is 22.7 Å². The molecule has 0 N–H and O–H groups in total. The van der Waals surface area contributed by atoms with Crippen molar-refractivity contribution in [2.24, 2.45) is 5.41 Å². The molecule has 1 aliphatic rings. The molecule has 1 aromatic carbocycles. The van der Waals surface area contributed by atoms with E-state index in [4.69, 9.17) is 21.1 Å². The van der Waals surface area contributed by atoms with Gasteiger partial charge >= 0.3 is 6.18 Å². The van der Waals surface area contributed by atoms with Crippen LogP contribution < -0.4 is 9.47 Å². The lowest BCUT2D eigenvalue weighted by molar-refractivity contribution is -0.163. The molecule has 0 saturated carbocycles. The highest BCUT2D eigenvalue weighted by Crippen LogP contribution is 2.38. The molecule has 0 aromatic heterocycles. The lowest BCUT2D eigenvalue weighted by Gasteiger charge is -2.31. The van der Waals surface area contributed by atoms with Crippen molar-refractivity contribution < 1.29 is 27.4 Å². The highest BCUT2D eigenvalue weighted by atomic mass is 35.5. The van der Waals surface area contributed by atoms with E-state index in [1.165, 1.54) is 6.07 Å². The third-order valence-corrected chi connectivity index (χ3v) is 3.68. The first-order valence-corrected chi connectivity index (χ1v) is 8.25. The molecule has 0 fully saturated rings. The molecule has 0 atom stereocenters. The minimum atomic E-state index is -4.45. The minimum absolute atomic E-state index is 0.00360. The van der Waals surface area contributed by atoms with E-state index in [2.05, 4.69) is 0 Å². The Morgan fingerprint density at radius 2 is 1.80 bits per heavy atom. The van der Waals surface area contributed by atoms with Crippen LogP contribution in [0.2, 0.25) is 5.02 Å². The maximum Gasteiger partial charge on any atom is 0.406 e. The molecule has 0 unspecified atom stereocenters. The van der Waals surface area contributed by atoms with E-state index in [0.29, 0.717) is 30.3 Å². The number of halogens is 4. The van der Waals surface area contributed by atoms with Crippen LogP contribution in [-0.2, 0) is 11.2 Å². The molecule has 0 bridgehead atoms. The Morgan fingerprint density at radius 3 is 2.40 bits per heavy atom. The summed E-state index contributed by atoms with van der Waals surface area (Å²) in [6.07, 6.45) is -4.64. The van der Waals surface area contributed by atoms with E-state index in [9.17, 15) is 18.0 Å². The van der Waals surface area contributed by atoms with Crippen LogP contribution in [0.25, 0.3) is 0 Å². The number of rotatable bonds is 4. The first-order valence-electron chi connectivity index (χ1n) is 7.87. The SMILES string of the molecule is CC(C)(C)CN(CC(F)(F)F)C(=O)Cc1cc(Cl)c2c(c1)OCCO2. The smallest absolute Gasteiger partial charge is 0.406 e. The van der Waals surface area contributed by atoms with Crippen LogP contribution >= 0.6 is 11.6 Å². The normalized spacial score (nSPS) is 14.4. The van der Waals surface area contributed by atoms with E-state index in [1.807, 2.05) is 0 Å². The Balaban J connectivity index is 2.18. The largest absolute Gasteiger partial charge is 0.486 e. The standard InChI is InChI=1S/C17H21ClF3NO3/c1-16(2,3)9-22(10-17(19,20)21)14(23)8-11-6-12(18)15-13(7-11)24-4-5-25-15/h6-7H,4-5,8-10H2,1-3H3. The first kappa shape index (κ1) is 19.7. The summed E-state index contributed by atoms with van der Waals surface area (Å²) in [7, 11) is 0. The predicted molar refractivity (Wildman–Crippen MR) is 88.2 cm³/mol. The molecular formula is C17H21ClF3NO3. The summed E-state index contributed by atoms with van der Waals surface area (Å²) in [5.74, 6) is 0.186. The molecule has 140 valence electrons. The Labute approximate surface area is 149 Å². The quantitative estimate of drug-likeness (QED) is 0.791. The fourth-order valence-electron chi connectivity index (χ4n) is 2.57. The summed E-state index contributed by atoms with van der Waals surface area (Å²) < 4.78 is 49.3. The van der Waals surface area contributed by atoms with Crippen molar-refractivity contribution in [3.8, 4) is 11.5 Å². The van der Waals surface area contributed by atoms with Crippen LogP contribution in [0.5, 0.6) is 11.5 Å². The van der Waals surface area contributed by atoms with Gasteiger partial charge in [-0.25, -0.2) is 0 Å². The second-order valence-electron chi connectivity index (χ2n) is 7.20. The van der Waals surface area contributed by atoms with E-state index >= 15 is 0 Å². The highest BCUT2D eigenvalue weighted by Gasteiger charge is 2.34. The molecule has 0 aliphatic carbocycles. The van der Waals surface area contributed by atoms with Crippen molar-refractivity contribution in [2.45, 2.75) is 33.4 Å². The average molecular weight is 380 g/mol. The molecule has 0 radical (unpaired) electrons. The molecule has 1 heterocycles. The first-order chi connectivity index (χ1) is 11.4. The van der Waals surface area contributed by atoms with Gasteiger partial charge in [0.15, 0.2) is 11.5 Å². The van der Waals surface area contributed by atoms with Crippen LogP contribution in [0.15, 0.2) is 12.1 Å². The van der Waals surface area contributed by atoms with Crippen LogP contribution in [0.1, 0.15) is 26.3 Å². The Bertz CT molecular complexity index is 625. The van der Waals surface area contributed by atoms with Gasteiger partial charge in [0, 0.05) is 6.54 Å².